The molecule has 1 fully saturated rings. The van der Waals surface area contributed by atoms with Crippen LogP contribution in [-0.2, 0) is 5.60 Å². The highest BCUT2D eigenvalue weighted by atomic mass is 79.9. The minimum atomic E-state index is -0.771. The van der Waals surface area contributed by atoms with E-state index in [4.69, 9.17) is 4.42 Å². The van der Waals surface area contributed by atoms with Crippen molar-refractivity contribution in [1.29, 1.82) is 0 Å². The van der Waals surface area contributed by atoms with E-state index in [1.807, 2.05) is 6.07 Å². The van der Waals surface area contributed by atoms with Gasteiger partial charge in [-0.15, -0.1) is 0 Å². The van der Waals surface area contributed by atoms with Crippen molar-refractivity contribution in [3.8, 4) is 0 Å². The molecule has 1 aliphatic heterocycles. The number of furan rings is 1. The fourth-order valence-electron chi connectivity index (χ4n) is 1.66. The van der Waals surface area contributed by atoms with Crippen LogP contribution >= 0.6 is 27.7 Å². The molecule has 2 heterocycles. The molecule has 2 nitrogen and oxygen atoms in total. The average molecular weight is 263 g/mol. The van der Waals surface area contributed by atoms with Crippen LogP contribution in [0.5, 0.6) is 0 Å². The first-order chi connectivity index (χ1) is 6.12. The monoisotopic (exact) mass is 262 g/mol. The Balaban J connectivity index is 2.30. The number of thioether (sulfide) groups is 1. The van der Waals surface area contributed by atoms with E-state index >= 15 is 0 Å². The molecule has 1 aliphatic rings. The predicted molar refractivity (Wildman–Crippen MR) is 56.8 cm³/mol. The summed E-state index contributed by atoms with van der Waals surface area (Å²) in [6, 6.07) is 1.82. The summed E-state index contributed by atoms with van der Waals surface area (Å²) in [7, 11) is 0. The summed E-state index contributed by atoms with van der Waals surface area (Å²) in [4.78, 5) is 0. The third-order valence-electron chi connectivity index (χ3n) is 2.27. The molecule has 0 radical (unpaired) electrons. The van der Waals surface area contributed by atoms with Gasteiger partial charge in [-0.05, 0) is 28.4 Å². The Kier molecular flexibility index (Phi) is 2.47. The van der Waals surface area contributed by atoms with Gasteiger partial charge in [-0.2, -0.15) is 11.8 Å². The zero-order valence-corrected chi connectivity index (χ0v) is 9.69. The largest absolute Gasteiger partial charge is 0.465 e. The zero-order chi connectivity index (χ0) is 9.47. The van der Waals surface area contributed by atoms with Crippen LogP contribution in [0, 0.1) is 0 Å². The van der Waals surface area contributed by atoms with Gasteiger partial charge in [0.1, 0.15) is 11.4 Å². The lowest BCUT2D eigenvalue weighted by molar-refractivity contribution is 0.0371. The van der Waals surface area contributed by atoms with E-state index in [2.05, 4.69) is 22.9 Å². The van der Waals surface area contributed by atoms with Crippen molar-refractivity contribution in [2.24, 2.45) is 0 Å². The lowest BCUT2D eigenvalue weighted by Gasteiger charge is -2.19. The molecule has 0 aromatic carbocycles. The van der Waals surface area contributed by atoms with Gasteiger partial charge >= 0.3 is 0 Å². The Hall–Kier alpha value is 0.0700. The predicted octanol–water partition coefficient (Wildman–Crippen LogP) is 2.76. The lowest BCUT2D eigenvalue weighted by atomic mass is 9.98. The molecule has 2 rings (SSSR count). The Labute approximate surface area is 89.8 Å². The summed E-state index contributed by atoms with van der Waals surface area (Å²) >= 11 is 5.15. The van der Waals surface area contributed by atoms with Crippen LogP contribution in [0.4, 0.5) is 0 Å². The van der Waals surface area contributed by atoms with Gasteiger partial charge in [-0.25, -0.2) is 0 Å². The van der Waals surface area contributed by atoms with Gasteiger partial charge in [-0.1, -0.05) is 6.92 Å². The van der Waals surface area contributed by atoms with Crippen LogP contribution < -0.4 is 0 Å². The minimum absolute atomic E-state index is 0.502. The van der Waals surface area contributed by atoms with Crippen LogP contribution in [0.1, 0.15) is 19.1 Å². The van der Waals surface area contributed by atoms with Crippen molar-refractivity contribution in [3.05, 3.63) is 22.6 Å². The van der Waals surface area contributed by atoms with Crippen molar-refractivity contribution in [2.75, 3.05) is 5.75 Å². The molecule has 1 aromatic rings. The first kappa shape index (κ1) is 9.62. The molecule has 2 atom stereocenters. The third kappa shape index (κ3) is 1.67. The van der Waals surface area contributed by atoms with Gasteiger partial charge in [-0.3, -0.25) is 0 Å². The number of hydrogen-bond donors (Lipinski definition) is 1. The highest BCUT2D eigenvalue weighted by Crippen LogP contribution is 2.43. The van der Waals surface area contributed by atoms with Crippen LogP contribution in [0.3, 0.4) is 0 Å². The van der Waals surface area contributed by atoms with Gasteiger partial charge < -0.3 is 9.52 Å². The van der Waals surface area contributed by atoms with E-state index in [-0.39, 0.29) is 0 Å². The van der Waals surface area contributed by atoms with Crippen LogP contribution in [0.15, 0.2) is 21.2 Å². The second-order valence-electron chi connectivity index (χ2n) is 3.45. The fraction of sp³-hybridized carbons (Fsp3) is 0.556. The van der Waals surface area contributed by atoms with E-state index in [0.29, 0.717) is 11.0 Å². The maximum absolute atomic E-state index is 10.3. The zero-order valence-electron chi connectivity index (χ0n) is 7.29. The number of halogens is 1. The third-order valence-corrected chi connectivity index (χ3v) is 4.28. The SMILES string of the molecule is CC1CC(O)(c2occc2Br)CS1. The molecule has 0 bridgehead atoms. The Bertz CT molecular complexity index is 312. The molecule has 1 saturated heterocycles. The molecule has 1 aromatic heterocycles. The first-order valence-electron chi connectivity index (χ1n) is 4.19. The summed E-state index contributed by atoms with van der Waals surface area (Å²) in [6.07, 6.45) is 2.37. The first-order valence-corrected chi connectivity index (χ1v) is 6.03. The Morgan fingerprint density at radius 1 is 1.77 bits per heavy atom. The number of aliphatic hydroxyl groups is 1. The lowest BCUT2D eigenvalue weighted by Crippen LogP contribution is -2.25. The second kappa shape index (κ2) is 3.33. The maximum Gasteiger partial charge on any atom is 0.150 e. The molecule has 0 aliphatic carbocycles. The van der Waals surface area contributed by atoms with Gasteiger partial charge in [0.15, 0.2) is 0 Å². The normalized spacial score (nSPS) is 33.9. The topological polar surface area (TPSA) is 33.4 Å². The van der Waals surface area contributed by atoms with E-state index in [1.54, 1.807) is 18.0 Å². The molecule has 2 unspecified atom stereocenters. The standard InChI is InChI=1S/C9H11BrO2S/c1-6-4-9(11,5-13-6)8-7(10)2-3-12-8/h2-3,6,11H,4-5H2,1H3. The van der Waals surface area contributed by atoms with E-state index in [0.717, 1.165) is 16.6 Å². The van der Waals surface area contributed by atoms with Gasteiger partial charge in [0.05, 0.1) is 10.7 Å². The van der Waals surface area contributed by atoms with Crippen molar-refractivity contribution in [1.82, 2.24) is 0 Å². The molecule has 0 spiro atoms. The van der Waals surface area contributed by atoms with Crippen LogP contribution in [0.25, 0.3) is 0 Å². The fourth-order valence-corrected chi connectivity index (χ4v) is 3.43. The smallest absolute Gasteiger partial charge is 0.150 e. The quantitative estimate of drug-likeness (QED) is 0.845. The summed E-state index contributed by atoms with van der Waals surface area (Å²) in [5, 5.41) is 10.8. The summed E-state index contributed by atoms with van der Waals surface area (Å²) < 4.78 is 6.15. The van der Waals surface area contributed by atoms with E-state index in [1.165, 1.54) is 0 Å². The van der Waals surface area contributed by atoms with Crippen LogP contribution in [0.2, 0.25) is 0 Å². The second-order valence-corrected chi connectivity index (χ2v) is 5.74. The van der Waals surface area contributed by atoms with Crippen molar-refractivity contribution < 1.29 is 9.52 Å². The maximum atomic E-state index is 10.3. The Morgan fingerprint density at radius 3 is 3.00 bits per heavy atom. The summed E-state index contributed by atoms with van der Waals surface area (Å²) in [5.41, 5.74) is -0.771. The van der Waals surface area contributed by atoms with Crippen molar-refractivity contribution in [3.63, 3.8) is 0 Å². The average Bonchev–Trinajstić information content (AvgIpc) is 2.59. The number of hydrogen-bond acceptors (Lipinski definition) is 3. The molecule has 13 heavy (non-hydrogen) atoms. The van der Waals surface area contributed by atoms with Crippen LogP contribution in [-0.4, -0.2) is 16.1 Å². The highest BCUT2D eigenvalue weighted by molar-refractivity contribution is 9.10. The molecule has 0 amide bonds. The highest BCUT2D eigenvalue weighted by Gasteiger charge is 2.41. The summed E-state index contributed by atoms with van der Waals surface area (Å²) in [5.74, 6) is 1.39. The van der Waals surface area contributed by atoms with Gasteiger partial charge in [0, 0.05) is 11.0 Å². The molecular weight excluding hydrogens is 252 g/mol. The van der Waals surface area contributed by atoms with E-state index in [9.17, 15) is 5.11 Å². The van der Waals surface area contributed by atoms with Crippen molar-refractivity contribution in [2.45, 2.75) is 24.2 Å². The Morgan fingerprint density at radius 2 is 2.54 bits per heavy atom. The molecular formula is C9H11BrO2S. The molecule has 4 heteroatoms. The van der Waals surface area contributed by atoms with Crippen molar-refractivity contribution >= 4 is 27.7 Å². The molecule has 1 N–H and O–H groups in total. The van der Waals surface area contributed by atoms with Gasteiger partial charge in [0.2, 0.25) is 0 Å². The molecule has 72 valence electrons. The van der Waals surface area contributed by atoms with Gasteiger partial charge in [0.25, 0.3) is 0 Å². The number of rotatable bonds is 1. The summed E-state index contributed by atoms with van der Waals surface area (Å²) in [6.45, 7) is 2.12. The van der Waals surface area contributed by atoms with E-state index < -0.39 is 5.60 Å². The minimum Gasteiger partial charge on any atom is -0.465 e. The molecule has 0 saturated carbocycles.